The molecule has 4 aromatic rings. The maximum absolute atomic E-state index is 6.47. The van der Waals surface area contributed by atoms with Gasteiger partial charge in [0.25, 0.3) is 0 Å². The molecule has 1 N–H and O–H groups in total. The van der Waals surface area contributed by atoms with Gasteiger partial charge in [-0.15, -0.1) is 0 Å². The first-order valence-corrected chi connectivity index (χ1v) is 12.7. The largest absolute Gasteiger partial charge is 0.487 e. The van der Waals surface area contributed by atoms with E-state index in [1.807, 2.05) is 54.7 Å². The molecule has 3 atom stereocenters. The van der Waals surface area contributed by atoms with Crippen molar-refractivity contribution < 1.29 is 4.74 Å². The van der Waals surface area contributed by atoms with Gasteiger partial charge in [0, 0.05) is 17.8 Å². The van der Waals surface area contributed by atoms with Crippen LogP contribution in [-0.4, -0.2) is 6.21 Å². The van der Waals surface area contributed by atoms with Gasteiger partial charge in [0.15, 0.2) is 0 Å². The lowest BCUT2D eigenvalue weighted by Gasteiger charge is -2.37. The zero-order valence-corrected chi connectivity index (χ0v) is 20.6. The van der Waals surface area contributed by atoms with Crippen LogP contribution in [0, 0.1) is 5.92 Å². The Morgan fingerprint density at radius 3 is 2.56 bits per heavy atom. The predicted molar refractivity (Wildman–Crippen MR) is 149 cm³/mol. The van der Waals surface area contributed by atoms with Gasteiger partial charge in [-0.2, -0.15) is 0 Å². The molecule has 1 aliphatic heterocycles. The first-order valence-electron chi connectivity index (χ1n) is 12.4. The van der Waals surface area contributed by atoms with E-state index in [2.05, 4.69) is 71.0 Å². The van der Waals surface area contributed by atoms with Crippen LogP contribution in [0.25, 0.3) is 0 Å². The summed E-state index contributed by atoms with van der Waals surface area (Å²) in [5, 5.41) is 4.37. The number of fused-ring (bicyclic) bond motifs is 3. The van der Waals surface area contributed by atoms with Crippen LogP contribution in [0.15, 0.2) is 114 Å². The lowest BCUT2D eigenvalue weighted by atomic mass is 9.77. The van der Waals surface area contributed by atoms with Gasteiger partial charge in [-0.1, -0.05) is 84.4 Å². The van der Waals surface area contributed by atoms with Gasteiger partial charge in [0.1, 0.15) is 12.4 Å². The minimum absolute atomic E-state index is 0.292. The van der Waals surface area contributed by atoms with Gasteiger partial charge >= 0.3 is 0 Å². The standard InChI is InChI=1S/C32H27ClN2O/c33-29-19-23(13-18-31(29)36-21-22-7-2-1-3-8-22)20-34-25-16-14-24(15-17-25)32-28-11-6-10-26(28)27-9-4-5-12-30(27)35-32/h1-10,12-20,26,28,32,35H,11,21H2/t26-,28+,32-/m0/s1. The van der Waals surface area contributed by atoms with Crippen molar-refractivity contribution in [3.8, 4) is 5.75 Å². The lowest BCUT2D eigenvalue weighted by Crippen LogP contribution is -2.28. The number of anilines is 1. The van der Waals surface area contributed by atoms with Crippen LogP contribution in [-0.2, 0) is 6.61 Å². The number of aliphatic imine (C=N–C) groups is 1. The zero-order chi connectivity index (χ0) is 24.3. The first-order chi connectivity index (χ1) is 17.7. The molecule has 0 spiro atoms. The molecule has 3 nitrogen and oxygen atoms in total. The zero-order valence-electron chi connectivity index (χ0n) is 19.8. The molecule has 36 heavy (non-hydrogen) atoms. The van der Waals surface area contributed by atoms with Gasteiger partial charge < -0.3 is 10.1 Å². The molecule has 0 bridgehead atoms. The Hall–Kier alpha value is -3.82. The number of para-hydroxylation sites is 1. The van der Waals surface area contributed by atoms with E-state index in [1.54, 1.807) is 0 Å². The summed E-state index contributed by atoms with van der Waals surface area (Å²) in [5.41, 5.74) is 6.90. The molecule has 4 aromatic carbocycles. The number of hydrogen-bond donors (Lipinski definition) is 1. The molecule has 0 amide bonds. The van der Waals surface area contributed by atoms with Crippen molar-refractivity contribution in [2.75, 3.05) is 5.32 Å². The maximum Gasteiger partial charge on any atom is 0.138 e. The number of halogens is 1. The van der Waals surface area contributed by atoms with Crippen molar-refractivity contribution in [2.45, 2.75) is 25.0 Å². The quantitative estimate of drug-likeness (QED) is 0.217. The summed E-state index contributed by atoms with van der Waals surface area (Å²) >= 11 is 6.47. The van der Waals surface area contributed by atoms with E-state index >= 15 is 0 Å². The molecule has 0 aromatic heterocycles. The molecular formula is C32H27ClN2O. The summed E-state index contributed by atoms with van der Waals surface area (Å²) in [6.45, 7) is 0.486. The van der Waals surface area contributed by atoms with Crippen molar-refractivity contribution in [1.29, 1.82) is 0 Å². The van der Waals surface area contributed by atoms with E-state index in [9.17, 15) is 0 Å². The third-order valence-corrected chi connectivity index (χ3v) is 7.38. The van der Waals surface area contributed by atoms with E-state index in [0.29, 0.717) is 35.3 Å². The molecule has 1 aliphatic carbocycles. The fourth-order valence-electron chi connectivity index (χ4n) is 5.24. The highest BCUT2D eigenvalue weighted by molar-refractivity contribution is 6.32. The van der Waals surface area contributed by atoms with E-state index in [1.165, 1.54) is 16.8 Å². The van der Waals surface area contributed by atoms with Crippen LogP contribution in [0.3, 0.4) is 0 Å². The van der Waals surface area contributed by atoms with Gasteiger partial charge in [0.2, 0.25) is 0 Å². The fraction of sp³-hybridized carbons (Fsp3) is 0.156. The predicted octanol–water partition coefficient (Wildman–Crippen LogP) is 8.50. The van der Waals surface area contributed by atoms with Crippen molar-refractivity contribution in [2.24, 2.45) is 10.9 Å². The average Bonchev–Trinajstić information content (AvgIpc) is 3.42. The second-order valence-corrected chi connectivity index (χ2v) is 9.78. The van der Waals surface area contributed by atoms with Crippen LogP contribution in [0.2, 0.25) is 5.02 Å². The molecule has 1 heterocycles. The summed E-state index contributed by atoms with van der Waals surface area (Å²) in [6, 6.07) is 33.3. The molecule has 2 aliphatic rings. The highest BCUT2D eigenvalue weighted by atomic mass is 35.5. The normalized spacial score (nSPS) is 20.1. The van der Waals surface area contributed by atoms with Crippen LogP contribution in [0.1, 0.15) is 40.6 Å². The Morgan fingerprint density at radius 2 is 1.72 bits per heavy atom. The molecule has 178 valence electrons. The van der Waals surface area contributed by atoms with E-state index in [0.717, 1.165) is 23.2 Å². The number of benzene rings is 4. The van der Waals surface area contributed by atoms with Crippen LogP contribution >= 0.6 is 11.6 Å². The van der Waals surface area contributed by atoms with Gasteiger partial charge in [-0.3, -0.25) is 4.99 Å². The van der Waals surface area contributed by atoms with Crippen LogP contribution < -0.4 is 10.1 Å². The molecule has 0 saturated carbocycles. The van der Waals surface area contributed by atoms with E-state index in [4.69, 9.17) is 16.3 Å². The first kappa shape index (κ1) is 22.6. The highest BCUT2D eigenvalue weighted by Gasteiger charge is 2.37. The van der Waals surface area contributed by atoms with Crippen LogP contribution in [0.4, 0.5) is 11.4 Å². The molecule has 0 radical (unpaired) electrons. The number of allylic oxidation sites excluding steroid dienone is 2. The van der Waals surface area contributed by atoms with E-state index < -0.39 is 0 Å². The third-order valence-electron chi connectivity index (χ3n) is 7.08. The van der Waals surface area contributed by atoms with Gasteiger partial charge in [0.05, 0.1) is 16.8 Å². The molecule has 4 heteroatoms. The molecular weight excluding hydrogens is 464 g/mol. The van der Waals surface area contributed by atoms with Crippen molar-refractivity contribution in [3.63, 3.8) is 0 Å². The summed E-state index contributed by atoms with van der Waals surface area (Å²) in [7, 11) is 0. The summed E-state index contributed by atoms with van der Waals surface area (Å²) in [4.78, 5) is 4.67. The van der Waals surface area contributed by atoms with Gasteiger partial charge in [-0.05, 0) is 71.0 Å². The summed E-state index contributed by atoms with van der Waals surface area (Å²) < 4.78 is 5.88. The molecule has 0 fully saturated rings. The highest BCUT2D eigenvalue weighted by Crippen LogP contribution is 2.49. The second-order valence-electron chi connectivity index (χ2n) is 9.38. The number of nitrogens with one attached hydrogen (secondary N) is 1. The Labute approximate surface area is 217 Å². The Bertz CT molecular complexity index is 1410. The Balaban J connectivity index is 1.13. The topological polar surface area (TPSA) is 33.6 Å². The monoisotopic (exact) mass is 490 g/mol. The van der Waals surface area contributed by atoms with Crippen molar-refractivity contribution in [1.82, 2.24) is 0 Å². The average molecular weight is 491 g/mol. The second kappa shape index (κ2) is 10.0. The van der Waals surface area contributed by atoms with Crippen LogP contribution in [0.5, 0.6) is 5.75 Å². The number of ether oxygens (including phenoxy) is 1. The minimum Gasteiger partial charge on any atom is -0.487 e. The SMILES string of the molecule is Clc1cc(C=Nc2ccc([C@@H]3Nc4ccccc4[C@@H]4C=CC[C@H]43)cc2)ccc1OCc1ccccc1. The maximum atomic E-state index is 6.47. The Kier molecular flexibility index (Phi) is 6.31. The molecule has 0 saturated heterocycles. The minimum atomic E-state index is 0.292. The van der Waals surface area contributed by atoms with Crippen molar-refractivity contribution in [3.05, 3.63) is 136 Å². The number of hydrogen-bond acceptors (Lipinski definition) is 3. The Morgan fingerprint density at radius 1 is 0.917 bits per heavy atom. The van der Waals surface area contributed by atoms with Crippen molar-refractivity contribution >= 4 is 29.2 Å². The number of nitrogens with zero attached hydrogens (tertiary/aromatic N) is 1. The van der Waals surface area contributed by atoms with E-state index in [-0.39, 0.29) is 0 Å². The number of rotatable bonds is 6. The molecule has 0 unspecified atom stereocenters. The lowest BCUT2D eigenvalue weighted by molar-refractivity contribution is 0.306. The summed E-state index contributed by atoms with van der Waals surface area (Å²) in [5.74, 6) is 1.69. The third kappa shape index (κ3) is 4.67. The smallest absolute Gasteiger partial charge is 0.138 e. The fourth-order valence-corrected chi connectivity index (χ4v) is 5.48. The summed E-state index contributed by atoms with van der Waals surface area (Å²) in [6.07, 6.45) is 7.64. The molecule has 6 rings (SSSR count). The van der Waals surface area contributed by atoms with Gasteiger partial charge in [-0.25, -0.2) is 0 Å².